The van der Waals surface area contributed by atoms with Crippen LogP contribution in [-0.4, -0.2) is 30.0 Å². The summed E-state index contributed by atoms with van der Waals surface area (Å²) in [7, 11) is 0. The number of ether oxygens (including phenoxy) is 1. The van der Waals surface area contributed by atoms with Crippen LogP contribution in [0.4, 0.5) is 9.18 Å². The Balaban J connectivity index is 3.76. The van der Waals surface area contributed by atoms with Gasteiger partial charge in [0, 0.05) is 5.54 Å². The third-order valence-corrected chi connectivity index (χ3v) is 1.15. The highest BCUT2D eigenvalue weighted by atomic mass is 19.1. The Morgan fingerprint density at radius 1 is 1.57 bits per heavy atom. The Bertz CT molecular complexity index is 221. The van der Waals surface area contributed by atoms with Crippen LogP contribution in [0.2, 0.25) is 0 Å². The van der Waals surface area contributed by atoms with Crippen molar-refractivity contribution in [3.8, 4) is 0 Å². The maximum absolute atomic E-state index is 12.3. The first-order chi connectivity index (χ1) is 6.35. The van der Waals surface area contributed by atoms with E-state index in [0.717, 1.165) is 6.08 Å². The largest absolute Gasteiger partial charge is 0.445 e. The zero-order valence-electron chi connectivity index (χ0n) is 8.63. The van der Waals surface area contributed by atoms with Gasteiger partial charge in [0.25, 0.3) is 0 Å². The lowest BCUT2D eigenvalue weighted by atomic mass is 10.1. The van der Waals surface area contributed by atoms with Crippen molar-refractivity contribution in [3.63, 3.8) is 0 Å². The molecule has 0 radical (unpaired) electrons. The number of aliphatic hydroxyl groups excluding tert-OH is 1. The third-order valence-electron chi connectivity index (χ3n) is 1.15. The van der Waals surface area contributed by atoms with Crippen molar-refractivity contribution >= 4 is 6.09 Å². The smallest absolute Gasteiger partial charge is 0.407 e. The number of alkyl carbamates (subject to hydrolysis) is 1. The standard InChI is InChI=1S/C9H16FNO3/c1-9(2,3)11-8(13)14-5-4-7(10)6-12/h4,12H,5-6H2,1-3H3,(H,11,13)/b7-4+. The molecule has 0 atom stereocenters. The SMILES string of the molecule is CC(C)(C)NC(=O)OC/C=C(/F)CO. The molecule has 0 aromatic carbocycles. The van der Waals surface area contributed by atoms with Gasteiger partial charge in [-0.15, -0.1) is 0 Å². The van der Waals surface area contributed by atoms with Gasteiger partial charge in [0.15, 0.2) is 0 Å². The molecule has 0 aliphatic carbocycles. The molecule has 82 valence electrons. The number of hydrogen-bond donors (Lipinski definition) is 2. The zero-order valence-corrected chi connectivity index (χ0v) is 8.63. The molecular formula is C9H16FNO3. The second-order valence-electron chi connectivity index (χ2n) is 3.78. The van der Waals surface area contributed by atoms with Crippen LogP contribution in [0, 0.1) is 0 Å². The first kappa shape index (κ1) is 12.9. The van der Waals surface area contributed by atoms with Crippen LogP contribution in [0.15, 0.2) is 11.9 Å². The monoisotopic (exact) mass is 205 g/mol. The number of nitrogens with one attached hydrogen (secondary N) is 1. The summed E-state index contributed by atoms with van der Waals surface area (Å²) in [5.41, 5.74) is -0.379. The Morgan fingerprint density at radius 3 is 2.57 bits per heavy atom. The van der Waals surface area contributed by atoms with Crippen LogP contribution < -0.4 is 5.32 Å². The van der Waals surface area contributed by atoms with Gasteiger partial charge < -0.3 is 15.2 Å². The molecule has 5 heteroatoms. The van der Waals surface area contributed by atoms with E-state index in [1.165, 1.54) is 0 Å². The number of rotatable bonds is 3. The molecule has 14 heavy (non-hydrogen) atoms. The van der Waals surface area contributed by atoms with E-state index >= 15 is 0 Å². The Labute approximate surface area is 82.8 Å². The molecule has 0 bridgehead atoms. The molecule has 4 nitrogen and oxygen atoms in total. The second-order valence-corrected chi connectivity index (χ2v) is 3.78. The number of carbonyl (C=O) groups is 1. The van der Waals surface area contributed by atoms with E-state index in [-0.39, 0.29) is 12.1 Å². The van der Waals surface area contributed by atoms with Crippen molar-refractivity contribution < 1.29 is 19.0 Å². The lowest BCUT2D eigenvalue weighted by Crippen LogP contribution is -2.40. The maximum atomic E-state index is 12.3. The lowest BCUT2D eigenvalue weighted by molar-refractivity contribution is 0.148. The van der Waals surface area contributed by atoms with Gasteiger partial charge >= 0.3 is 6.09 Å². The van der Waals surface area contributed by atoms with E-state index < -0.39 is 18.5 Å². The minimum absolute atomic E-state index is 0.186. The average molecular weight is 205 g/mol. The van der Waals surface area contributed by atoms with Gasteiger partial charge in [0.1, 0.15) is 12.4 Å². The second kappa shape index (κ2) is 5.59. The first-order valence-electron chi connectivity index (χ1n) is 4.25. The Hall–Kier alpha value is -1.10. The molecule has 0 spiro atoms. The van der Waals surface area contributed by atoms with Gasteiger partial charge in [0.05, 0.1) is 6.61 Å². The highest BCUT2D eigenvalue weighted by Crippen LogP contribution is 1.99. The fourth-order valence-electron chi connectivity index (χ4n) is 0.615. The molecule has 1 amide bonds. The van der Waals surface area contributed by atoms with E-state index in [4.69, 9.17) is 5.11 Å². The van der Waals surface area contributed by atoms with Crippen molar-refractivity contribution in [3.05, 3.63) is 11.9 Å². The minimum Gasteiger partial charge on any atom is -0.445 e. The van der Waals surface area contributed by atoms with Gasteiger partial charge in [-0.1, -0.05) is 0 Å². The summed E-state index contributed by atoms with van der Waals surface area (Å²) >= 11 is 0. The van der Waals surface area contributed by atoms with E-state index in [1.807, 2.05) is 0 Å². The minimum atomic E-state index is -0.714. The van der Waals surface area contributed by atoms with E-state index in [9.17, 15) is 9.18 Å². The highest BCUT2D eigenvalue weighted by Gasteiger charge is 2.13. The molecule has 0 fully saturated rings. The van der Waals surface area contributed by atoms with Gasteiger partial charge in [0.2, 0.25) is 0 Å². The van der Waals surface area contributed by atoms with Gasteiger partial charge in [-0.3, -0.25) is 0 Å². The first-order valence-corrected chi connectivity index (χ1v) is 4.25. The predicted molar refractivity (Wildman–Crippen MR) is 50.5 cm³/mol. The van der Waals surface area contributed by atoms with Crippen LogP contribution in [0.1, 0.15) is 20.8 Å². The van der Waals surface area contributed by atoms with Crippen molar-refractivity contribution in [2.45, 2.75) is 26.3 Å². The molecule has 2 N–H and O–H groups in total. The molecule has 0 aromatic heterocycles. The highest BCUT2D eigenvalue weighted by molar-refractivity contribution is 5.68. The normalized spacial score (nSPS) is 12.5. The topological polar surface area (TPSA) is 58.6 Å². The fraction of sp³-hybridized carbons (Fsp3) is 0.667. The van der Waals surface area contributed by atoms with Crippen molar-refractivity contribution in [2.75, 3.05) is 13.2 Å². The molecule has 0 aromatic rings. The number of halogens is 1. The third kappa shape index (κ3) is 7.54. The number of aliphatic hydroxyl groups is 1. The fourth-order valence-corrected chi connectivity index (χ4v) is 0.615. The van der Waals surface area contributed by atoms with Crippen molar-refractivity contribution in [1.82, 2.24) is 5.32 Å². The summed E-state index contributed by atoms with van der Waals surface area (Å²) in [6.45, 7) is 4.55. The van der Waals surface area contributed by atoms with Crippen molar-refractivity contribution in [2.24, 2.45) is 0 Å². The summed E-state index contributed by atoms with van der Waals surface area (Å²) in [6, 6.07) is 0. The Morgan fingerprint density at radius 2 is 2.14 bits per heavy atom. The van der Waals surface area contributed by atoms with Gasteiger partial charge in [-0.2, -0.15) is 0 Å². The van der Waals surface area contributed by atoms with Crippen molar-refractivity contribution in [1.29, 1.82) is 0 Å². The summed E-state index contributed by atoms with van der Waals surface area (Å²) in [4.78, 5) is 11.0. The maximum Gasteiger partial charge on any atom is 0.407 e. The quantitative estimate of drug-likeness (QED) is 0.731. The average Bonchev–Trinajstić information content (AvgIpc) is 2.00. The molecule has 0 rings (SSSR count). The van der Waals surface area contributed by atoms with Crippen LogP contribution in [0.3, 0.4) is 0 Å². The van der Waals surface area contributed by atoms with Gasteiger partial charge in [-0.25, -0.2) is 9.18 Å². The van der Waals surface area contributed by atoms with Gasteiger partial charge in [-0.05, 0) is 26.8 Å². The number of amides is 1. The van der Waals surface area contributed by atoms with Crippen LogP contribution in [0.5, 0.6) is 0 Å². The molecule has 0 aliphatic rings. The molecule has 0 heterocycles. The molecular weight excluding hydrogens is 189 g/mol. The van der Waals surface area contributed by atoms with Crippen LogP contribution in [-0.2, 0) is 4.74 Å². The lowest BCUT2D eigenvalue weighted by Gasteiger charge is -2.19. The summed E-state index contributed by atoms with van der Waals surface area (Å²) in [5, 5.41) is 10.8. The van der Waals surface area contributed by atoms with E-state index in [1.54, 1.807) is 20.8 Å². The van der Waals surface area contributed by atoms with Crippen LogP contribution in [0.25, 0.3) is 0 Å². The number of carbonyl (C=O) groups excluding carboxylic acids is 1. The molecule has 0 saturated carbocycles. The Kier molecular flexibility index (Phi) is 5.15. The molecule has 0 unspecified atom stereocenters. The molecule has 0 aliphatic heterocycles. The zero-order chi connectivity index (χ0) is 11.2. The summed E-state index contributed by atoms with van der Waals surface area (Å²) in [6.07, 6.45) is 0.391. The summed E-state index contributed by atoms with van der Waals surface area (Å²) in [5.74, 6) is -0.714. The van der Waals surface area contributed by atoms with E-state index in [0.29, 0.717) is 0 Å². The van der Waals surface area contributed by atoms with E-state index in [2.05, 4.69) is 10.1 Å². The summed E-state index contributed by atoms with van der Waals surface area (Å²) < 4.78 is 16.9. The van der Waals surface area contributed by atoms with Crippen LogP contribution >= 0.6 is 0 Å². The predicted octanol–water partition coefficient (Wildman–Crippen LogP) is 1.36. The molecule has 0 saturated heterocycles. The number of hydrogen-bond acceptors (Lipinski definition) is 3.